The number of thiophene rings is 1. The first-order valence-corrected chi connectivity index (χ1v) is 6.57. The number of aromatic nitrogens is 1. The lowest BCUT2D eigenvalue weighted by Crippen LogP contribution is -2.02. The molecule has 88 valence electrons. The van der Waals surface area contributed by atoms with Crippen LogP contribution in [0.4, 0.5) is 0 Å². The fraction of sp³-hybridized carbons (Fsp3) is 0.0667. The van der Waals surface area contributed by atoms with E-state index in [1.54, 1.807) is 23.6 Å². The molecule has 2 heterocycles. The van der Waals surface area contributed by atoms with Crippen LogP contribution in [0.25, 0.3) is 10.1 Å². The Hall–Kier alpha value is -2.00. The van der Waals surface area contributed by atoms with Gasteiger partial charge in [-0.2, -0.15) is 0 Å². The van der Waals surface area contributed by atoms with Crippen molar-refractivity contribution < 1.29 is 4.79 Å². The lowest BCUT2D eigenvalue weighted by Gasteiger charge is -2.03. The number of benzene rings is 1. The minimum Gasteiger partial charge on any atom is -0.289 e. The molecule has 0 aliphatic rings. The molecule has 0 bridgehead atoms. The summed E-state index contributed by atoms with van der Waals surface area (Å²) in [5.41, 5.74) is 2.33. The molecule has 2 aromatic heterocycles. The number of pyridine rings is 1. The summed E-state index contributed by atoms with van der Waals surface area (Å²) in [5.74, 6) is 0.0635. The number of aryl methyl sites for hydroxylation is 1. The van der Waals surface area contributed by atoms with Gasteiger partial charge in [-0.05, 0) is 42.0 Å². The van der Waals surface area contributed by atoms with Crippen molar-refractivity contribution in [3.63, 3.8) is 0 Å². The van der Waals surface area contributed by atoms with Crippen LogP contribution in [0.15, 0.2) is 48.0 Å². The number of ketones is 1. The Balaban J connectivity index is 2.15. The van der Waals surface area contributed by atoms with Gasteiger partial charge in [0.2, 0.25) is 0 Å². The zero-order chi connectivity index (χ0) is 12.5. The third-order valence-electron chi connectivity index (χ3n) is 2.88. The van der Waals surface area contributed by atoms with Crippen LogP contribution in [0, 0.1) is 6.92 Å². The number of hydrogen-bond acceptors (Lipinski definition) is 3. The SMILES string of the molecule is Cc1cc(C(=O)c2cccc3ccsc23)ccn1. The van der Waals surface area contributed by atoms with Crippen LogP contribution < -0.4 is 0 Å². The van der Waals surface area contributed by atoms with Crippen LogP contribution in [0.2, 0.25) is 0 Å². The number of fused-ring (bicyclic) bond motifs is 1. The molecular formula is C15H11NOS. The van der Waals surface area contributed by atoms with Gasteiger partial charge in [-0.3, -0.25) is 9.78 Å². The van der Waals surface area contributed by atoms with Gasteiger partial charge in [0.25, 0.3) is 0 Å². The number of rotatable bonds is 2. The molecule has 18 heavy (non-hydrogen) atoms. The second kappa shape index (κ2) is 4.35. The molecule has 0 aliphatic carbocycles. The Morgan fingerprint density at radius 2 is 2.11 bits per heavy atom. The van der Waals surface area contributed by atoms with Crippen LogP contribution >= 0.6 is 11.3 Å². The summed E-state index contributed by atoms with van der Waals surface area (Å²) >= 11 is 1.60. The Morgan fingerprint density at radius 3 is 2.94 bits per heavy atom. The van der Waals surface area contributed by atoms with Crippen molar-refractivity contribution in [3.05, 3.63) is 64.8 Å². The normalized spacial score (nSPS) is 10.7. The molecule has 3 rings (SSSR count). The van der Waals surface area contributed by atoms with Gasteiger partial charge >= 0.3 is 0 Å². The van der Waals surface area contributed by atoms with Gasteiger partial charge in [0.05, 0.1) is 0 Å². The molecule has 0 saturated heterocycles. The molecule has 0 radical (unpaired) electrons. The first-order chi connectivity index (χ1) is 8.75. The third kappa shape index (κ3) is 1.83. The van der Waals surface area contributed by atoms with Gasteiger partial charge in [-0.1, -0.05) is 12.1 Å². The highest BCUT2D eigenvalue weighted by molar-refractivity contribution is 7.17. The predicted octanol–water partition coefficient (Wildman–Crippen LogP) is 3.84. The molecule has 2 nitrogen and oxygen atoms in total. The van der Waals surface area contributed by atoms with Crippen molar-refractivity contribution in [1.29, 1.82) is 0 Å². The van der Waals surface area contributed by atoms with E-state index in [2.05, 4.69) is 4.98 Å². The number of carbonyl (C=O) groups is 1. The van der Waals surface area contributed by atoms with Gasteiger partial charge in [0.1, 0.15) is 0 Å². The molecule has 3 aromatic rings. The molecule has 0 saturated carbocycles. The van der Waals surface area contributed by atoms with E-state index in [1.165, 1.54) is 0 Å². The molecule has 0 N–H and O–H groups in total. The Kier molecular flexibility index (Phi) is 2.68. The average molecular weight is 253 g/mol. The van der Waals surface area contributed by atoms with Crippen LogP contribution in [-0.2, 0) is 0 Å². The Bertz CT molecular complexity index is 730. The third-order valence-corrected chi connectivity index (χ3v) is 3.85. The Labute approximate surface area is 109 Å². The minimum absolute atomic E-state index is 0.0635. The quantitative estimate of drug-likeness (QED) is 0.649. The van der Waals surface area contributed by atoms with E-state index in [9.17, 15) is 4.79 Å². The van der Waals surface area contributed by atoms with Gasteiger partial charge in [0.15, 0.2) is 5.78 Å². The first kappa shape index (κ1) is 11.1. The maximum Gasteiger partial charge on any atom is 0.194 e. The molecule has 0 aliphatic heterocycles. The highest BCUT2D eigenvalue weighted by atomic mass is 32.1. The highest BCUT2D eigenvalue weighted by Crippen LogP contribution is 2.26. The molecule has 0 unspecified atom stereocenters. The van der Waals surface area contributed by atoms with Gasteiger partial charge < -0.3 is 0 Å². The van der Waals surface area contributed by atoms with E-state index in [1.807, 2.05) is 42.6 Å². The van der Waals surface area contributed by atoms with Crippen LogP contribution in [0.3, 0.4) is 0 Å². The smallest absolute Gasteiger partial charge is 0.194 e. The monoisotopic (exact) mass is 253 g/mol. The number of carbonyl (C=O) groups excluding carboxylic acids is 1. The molecule has 3 heteroatoms. The summed E-state index contributed by atoms with van der Waals surface area (Å²) < 4.78 is 1.05. The number of nitrogens with zero attached hydrogens (tertiary/aromatic N) is 1. The summed E-state index contributed by atoms with van der Waals surface area (Å²) in [5, 5.41) is 3.14. The maximum atomic E-state index is 12.5. The molecule has 0 fully saturated rings. The zero-order valence-electron chi connectivity index (χ0n) is 9.88. The fourth-order valence-corrected chi connectivity index (χ4v) is 2.92. The largest absolute Gasteiger partial charge is 0.289 e. The van der Waals surface area contributed by atoms with E-state index in [0.29, 0.717) is 5.56 Å². The van der Waals surface area contributed by atoms with Crippen LogP contribution in [-0.4, -0.2) is 10.8 Å². The highest BCUT2D eigenvalue weighted by Gasteiger charge is 2.13. The standard InChI is InChI=1S/C15H11NOS/c1-10-9-12(5-7-16-10)14(17)13-4-2-3-11-6-8-18-15(11)13/h2-9H,1H3. The van der Waals surface area contributed by atoms with Crippen molar-refractivity contribution in [2.75, 3.05) is 0 Å². The molecule has 1 aromatic carbocycles. The van der Waals surface area contributed by atoms with Crippen LogP contribution in [0.5, 0.6) is 0 Å². The maximum absolute atomic E-state index is 12.5. The zero-order valence-corrected chi connectivity index (χ0v) is 10.7. The molecule has 0 spiro atoms. The van der Waals surface area contributed by atoms with E-state index in [-0.39, 0.29) is 5.78 Å². The Morgan fingerprint density at radius 1 is 1.22 bits per heavy atom. The average Bonchev–Trinajstić information content (AvgIpc) is 2.86. The van der Waals surface area contributed by atoms with E-state index >= 15 is 0 Å². The van der Waals surface area contributed by atoms with Crippen molar-refractivity contribution in [1.82, 2.24) is 4.98 Å². The van der Waals surface area contributed by atoms with E-state index < -0.39 is 0 Å². The molecular weight excluding hydrogens is 242 g/mol. The van der Waals surface area contributed by atoms with Crippen molar-refractivity contribution >= 4 is 27.2 Å². The van der Waals surface area contributed by atoms with Gasteiger partial charge in [-0.25, -0.2) is 0 Å². The summed E-state index contributed by atoms with van der Waals surface area (Å²) in [6, 6.07) is 11.5. The predicted molar refractivity (Wildman–Crippen MR) is 74.2 cm³/mol. The topological polar surface area (TPSA) is 30.0 Å². The lowest BCUT2D eigenvalue weighted by molar-refractivity contribution is 0.104. The fourth-order valence-electron chi connectivity index (χ4n) is 2.01. The van der Waals surface area contributed by atoms with E-state index in [0.717, 1.165) is 21.3 Å². The van der Waals surface area contributed by atoms with Crippen molar-refractivity contribution in [2.45, 2.75) is 6.92 Å². The first-order valence-electron chi connectivity index (χ1n) is 5.69. The summed E-state index contributed by atoms with van der Waals surface area (Å²) in [7, 11) is 0. The van der Waals surface area contributed by atoms with Crippen LogP contribution in [0.1, 0.15) is 21.6 Å². The van der Waals surface area contributed by atoms with Gasteiger partial charge in [-0.15, -0.1) is 11.3 Å². The van der Waals surface area contributed by atoms with Crippen molar-refractivity contribution in [3.8, 4) is 0 Å². The summed E-state index contributed by atoms with van der Waals surface area (Å²) in [6.45, 7) is 1.89. The second-order valence-electron chi connectivity index (χ2n) is 4.16. The summed E-state index contributed by atoms with van der Waals surface area (Å²) in [6.07, 6.45) is 1.68. The second-order valence-corrected chi connectivity index (χ2v) is 5.08. The summed E-state index contributed by atoms with van der Waals surface area (Å²) in [4.78, 5) is 16.6. The van der Waals surface area contributed by atoms with E-state index in [4.69, 9.17) is 0 Å². The lowest BCUT2D eigenvalue weighted by atomic mass is 10.0. The minimum atomic E-state index is 0.0635. The van der Waals surface area contributed by atoms with Crippen molar-refractivity contribution in [2.24, 2.45) is 0 Å². The molecule has 0 atom stereocenters. The molecule has 0 amide bonds. The van der Waals surface area contributed by atoms with Gasteiger partial charge in [0, 0.05) is 27.7 Å². The number of hydrogen-bond donors (Lipinski definition) is 0.